The van der Waals surface area contributed by atoms with Gasteiger partial charge in [-0.2, -0.15) is 0 Å². The van der Waals surface area contributed by atoms with Crippen LogP contribution in [0.3, 0.4) is 0 Å². The number of anilines is 1. The number of amides is 2. The molecule has 1 aromatic carbocycles. The van der Waals surface area contributed by atoms with E-state index in [2.05, 4.69) is 10.6 Å². The number of rotatable bonds is 8. The molecule has 2 amide bonds. The normalized spacial score (nSPS) is 11.6. The SMILES string of the molecule is COc1ccc(C)cc1NC(=O)COC(=O)[C@H](NC(=O)c1ccco1)C(C)C. The molecule has 0 aliphatic heterocycles. The lowest BCUT2D eigenvalue weighted by molar-refractivity contribution is -0.150. The summed E-state index contributed by atoms with van der Waals surface area (Å²) in [6, 6.07) is 7.47. The van der Waals surface area contributed by atoms with Crippen LogP contribution in [0.4, 0.5) is 5.69 Å². The molecule has 1 atom stereocenters. The molecule has 0 bridgehead atoms. The predicted molar refractivity (Wildman–Crippen MR) is 102 cm³/mol. The molecule has 8 nitrogen and oxygen atoms in total. The van der Waals surface area contributed by atoms with Crippen LogP contribution in [-0.4, -0.2) is 37.5 Å². The van der Waals surface area contributed by atoms with E-state index in [9.17, 15) is 14.4 Å². The number of methoxy groups -OCH3 is 1. The second-order valence-corrected chi connectivity index (χ2v) is 6.53. The number of nitrogens with one attached hydrogen (secondary N) is 2. The van der Waals surface area contributed by atoms with Gasteiger partial charge in [-0.15, -0.1) is 0 Å². The number of furan rings is 1. The summed E-state index contributed by atoms with van der Waals surface area (Å²) >= 11 is 0. The first-order valence-electron chi connectivity index (χ1n) is 8.77. The number of benzene rings is 1. The third-order valence-electron chi connectivity index (χ3n) is 3.93. The fourth-order valence-electron chi connectivity index (χ4n) is 2.45. The van der Waals surface area contributed by atoms with E-state index in [0.717, 1.165) is 5.56 Å². The van der Waals surface area contributed by atoms with Gasteiger partial charge in [0.05, 0.1) is 19.1 Å². The Hall–Kier alpha value is -3.29. The Morgan fingerprint density at radius 1 is 1.18 bits per heavy atom. The van der Waals surface area contributed by atoms with Crippen LogP contribution in [0.5, 0.6) is 5.75 Å². The number of hydrogen-bond acceptors (Lipinski definition) is 6. The monoisotopic (exact) mass is 388 g/mol. The quantitative estimate of drug-likeness (QED) is 0.673. The lowest BCUT2D eigenvalue weighted by atomic mass is 10.0. The molecule has 0 aliphatic carbocycles. The van der Waals surface area contributed by atoms with E-state index >= 15 is 0 Å². The second-order valence-electron chi connectivity index (χ2n) is 6.53. The summed E-state index contributed by atoms with van der Waals surface area (Å²) in [5.41, 5.74) is 1.42. The van der Waals surface area contributed by atoms with Gasteiger partial charge in [-0.25, -0.2) is 4.79 Å². The van der Waals surface area contributed by atoms with Crippen molar-refractivity contribution in [2.75, 3.05) is 19.0 Å². The van der Waals surface area contributed by atoms with E-state index < -0.39 is 30.4 Å². The number of carbonyl (C=O) groups is 3. The molecular weight excluding hydrogens is 364 g/mol. The van der Waals surface area contributed by atoms with E-state index in [4.69, 9.17) is 13.9 Å². The molecule has 1 aromatic heterocycles. The van der Waals surface area contributed by atoms with Crippen molar-refractivity contribution in [3.8, 4) is 5.75 Å². The predicted octanol–water partition coefficient (Wildman–Crippen LogP) is 2.53. The Bertz CT molecular complexity index is 829. The number of carbonyl (C=O) groups excluding carboxylic acids is 3. The molecule has 150 valence electrons. The van der Waals surface area contributed by atoms with Crippen molar-refractivity contribution in [1.82, 2.24) is 5.32 Å². The number of esters is 1. The highest BCUT2D eigenvalue weighted by molar-refractivity contribution is 5.96. The topological polar surface area (TPSA) is 107 Å². The van der Waals surface area contributed by atoms with Gasteiger partial charge < -0.3 is 24.5 Å². The lowest BCUT2D eigenvalue weighted by Crippen LogP contribution is -2.45. The van der Waals surface area contributed by atoms with Crippen LogP contribution in [0, 0.1) is 12.8 Å². The summed E-state index contributed by atoms with van der Waals surface area (Å²) in [4.78, 5) is 36.6. The molecule has 0 saturated heterocycles. The summed E-state index contributed by atoms with van der Waals surface area (Å²) in [5.74, 6) is -1.42. The molecule has 0 aliphatic rings. The summed E-state index contributed by atoms with van der Waals surface area (Å²) < 4.78 is 15.3. The molecule has 0 radical (unpaired) electrons. The maximum Gasteiger partial charge on any atom is 0.329 e. The first kappa shape index (κ1) is 21.0. The number of aryl methyl sites for hydroxylation is 1. The van der Waals surface area contributed by atoms with Crippen molar-refractivity contribution in [1.29, 1.82) is 0 Å². The minimum atomic E-state index is -0.918. The van der Waals surface area contributed by atoms with Gasteiger partial charge in [0, 0.05) is 0 Å². The fourth-order valence-corrected chi connectivity index (χ4v) is 2.45. The van der Waals surface area contributed by atoms with Crippen LogP contribution in [0.2, 0.25) is 0 Å². The van der Waals surface area contributed by atoms with Gasteiger partial charge in [-0.3, -0.25) is 9.59 Å². The fraction of sp³-hybridized carbons (Fsp3) is 0.350. The first-order valence-corrected chi connectivity index (χ1v) is 8.77. The molecule has 0 fully saturated rings. The molecule has 28 heavy (non-hydrogen) atoms. The van der Waals surface area contributed by atoms with E-state index in [0.29, 0.717) is 11.4 Å². The van der Waals surface area contributed by atoms with Crippen molar-refractivity contribution >= 4 is 23.5 Å². The first-order chi connectivity index (χ1) is 13.3. The van der Waals surface area contributed by atoms with Crippen molar-refractivity contribution in [3.63, 3.8) is 0 Å². The maximum atomic E-state index is 12.4. The molecule has 8 heteroatoms. The van der Waals surface area contributed by atoms with E-state index in [-0.39, 0.29) is 11.7 Å². The largest absolute Gasteiger partial charge is 0.495 e. The van der Waals surface area contributed by atoms with Crippen molar-refractivity contribution < 1.29 is 28.3 Å². The summed E-state index contributed by atoms with van der Waals surface area (Å²) in [6.07, 6.45) is 1.36. The van der Waals surface area contributed by atoms with Gasteiger partial charge in [0.15, 0.2) is 12.4 Å². The lowest BCUT2D eigenvalue weighted by Gasteiger charge is -2.20. The standard InChI is InChI=1S/C20H24N2O6/c1-12(2)18(22-19(24)16-6-5-9-27-16)20(25)28-11-17(23)21-14-10-13(3)7-8-15(14)26-4/h5-10,12,18H,11H2,1-4H3,(H,21,23)(H,22,24)/t18-/m1/s1. The second kappa shape index (κ2) is 9.59. The molecule has 2 rings (SSSR count). The van der Waals surface area contributed by atoms with E-state index in [1.54, 1.807) is 32.0 Å². The minimum Gasteiger partial charge on any atom is -0.495 e. The van der Waals surface area contributed by atoms with Crippen LogP contribution >= 0.6 is 0 Å². The van der Waals surface area contributed by atoms with E-state index in [1.165, 1.54) is 19.4 Å². The highest BCUT2D eigenvalue weighted by Gasteiger charge is 2.27. The average Bonchev–Trinajstić information content (AvgIpc) is 3.19. The molecular formula is C20H24N2O6. The third kappa shape index (κ3) is 5.60. The van der Waals surface area contributed by atoms with Gasteiger partial charge in [0.25, 0.3) is 11.8 Å². The van der Waals surface area contributed by atoms with Gasteiger partial charge in [-0.05, 0) is 42.7 Å². The van der Waals surface area contributed by atoms with Gasteiger partial charge >= 0.3 is 5.97 Å². The van der Waals surface area contributed by atoms with Crippen LogP contribution in [0.1, 0.15) is 30.0 Å². The Balaban J connectivity index is 1.94. The smallest absolute Gasteiger partial charge is 0.329 e. The zero-order valence-corrected chi connectivity index (χ0v) is 16.3. The van der Waals surface area contributed by atoms with Gasteiger partial charge in [0.1, 0.15) is 11.8 Å². The van der Waals surface area contributed by atoms with Crippen LogP contribution in [0.15, 0.2) is 41.0 Å². The highest BCUT2D eigenvalue weighted by atomic mass is 16.5. The highest BCUT2D eigenvalue weighted by Crippen LogP contribution is 2.25. The Morgan fingerprint density at radius 3 is 2.54 bits per heavy atom. The van der Waals surface area contributed by atoms with Gasteiger partial charge in [-0.1, -0.05) is 19.9 Å². The molecule has 0 unspecified atom stereocenters. The van der Waals surface area contributed by atoms with Crippen molar-refractivity contribution in [2.45, 2.75) is 26.8 Å². The number of ether oxygens (including phenoxy) is 2. The maximum absolute atomic E-state index is 12.4. The third-order valence-corrected chi connectivity index (χ3v) is 3.93. The Morgan fingerprint density at radius 2 is 1.93 bits per heavy atom. The zero-order chi connectivity index (χ0) is 20.7. The molecule has 0 spiro atoms. The summed E-state index contributed by atoms with van der Waals surface area (Å²) in [5, 5.41) is 5.20. The molecule has 0 saturated carbocycles. The molecule has 2 N–H and O–H groups in total. The van der Waals surface area contributed by atoms with Crippen LogP contribution in [0.25, 0.3) is 0 Å². The van der Waals surface area contributed by atoms with Crippen LogP contribution in [-0.2, 0) is 14.3 Å². The van der Waals surface area contributed by atoms with Crippen LogP contribution < -0.4 is 15.4 Å². The Kier molecular flexibility index (Phi) is 7.20. The molecule has 2 aromatic rings. The Labute approximate surface area is 163 Å². The molecule has 1 heterocycles. The van der Waals surface area contributed by atoms with Crippen molar-refractivity contribution in [3.05, 3.63) is 47.9 Å². The number of hydrogen-bond donors (Lipinski definition) is 2. The summed E-state index contributed by atoms with van der Waals surface area (Å²) in [7, 11) is 1.50. The van der Waals surface area contributed by atoms with E-state index in [1.807, 2.05) is 13.0 Å². The minimum absolute atomic E-state index is 0.0859. The zero-order valence-electron chi connectivity index (χ0n) is 16.3. The van der Waals surface area contributed by atoms with Crippen molar-refractivity contribution in [2.24, 2.45) is 5.92 Å². The summed E-state index contributed by atoms with van der Waals surface area (Å²) in [6.45, 7) is 4.90. The average molecular weight is 388 g/mol. The van der Waals surface area contributed by atoms with Gasteiger partial charge in [0.2, 0.25) is 0 Å².